The zero-order chi connectivity index (χ0) is 20.6. The van der Waals surface area contributed by atoms with Crippen LogP contribution in [-0.4, -0.2) is 42.0 Å². The van der Waals surface area contributed by atoms with Gasteiger partial charge in [0.1, 0.15) is 18.9 Å². The van der Waals surface area contributed by atoms with Crippen molar-refractivity contribution in [2.75, 3.05) is 26.2 Å². The molecule has 1 aliphatic rings. The molecular weight excluding hydrogens is 378 g/mol. The van der Waals surface area contributed by atoms with Crippen molar-refractivity contribution in [3.8, 4) is 11.5 Å². The smallest absolute Gasteiger partial charge is 0.272 e. The van der Waals surface area contributed by atoms with Gasteiger partial charge in [0, 0.05) is 32.2 Å². The molecule has 30 heavy (non-hydrogen) atoms. The highest BCUT2D eigenvalue weighted by molar-refractivity contribution is 5.93. The van der Waals surface area contributed by atoms with Gasteiger partial charge in [0.25, 0.3) is 5.91 Å². The van der Waals surface area contributed by atoms with E-state index in [0.29, 0.717) is 43.5 Å². The van der Waals surface area contributed by atoms with Gasteiger partial charge < -0.3 is 19.7 Å². The summed E-state index contributed by atoms with van der Waals surface area (Å²) in [6.07, 6.45) is 1.58. The summed E-state index contributed by atoms with van der Waals surface area (Å²) in [7, 11) is 0. The maximum atomic E-state index is 12.9. The fourth-order valence-corrected chi connectivity index (χ4v) is 3.26. The minimum Gasteiger partial charge on any atom is -0.485 e. The number of aromatic nitrogens is 1. The van der Waals surface area contributed by atoms with E-state index in [4.69, 9.17) is 9.47 Å². The van der Waals surface area contributed by atoms with Gasteiger partial charge in [-0.1, -0.05) is 60.7 Å². The minimum absolute atomic E-state index is 0.0873. The molecule has 6 heteroatoms. The lowest BCUT2D eigenvalue weighted by atomic mass is 10.2. The molecule has 2 heterocycles. The van der Waals surface area contributed by atoms with E-state index < -0.39 is 0 Å². The van der Waals surface area contributed by atoms with Gasteiger partial charge in [-0.25, -0.2) is 4.98 Å². The third-order valence-electron chi connectivity index (χ3n) is 4.93. The van der Waals surface area contributed by atoms with E-state index in [1.165, 1.54) is 0 Å². The second kappa shape index (κ2) is 9.89. The molecule has 154 valence electrons. The third-order valence-corrected chi connectivity index (χ3v) is 4.93. The fraction of sp³-hybridized carbons (Fsp3) is 0.250. The first-order valence-corrected chi connectivity index (χ1v) is 10.1. The summed E-state index contributed by atoms with van der Waals surface area (Å²) in [5.41, 5.74) is 2.46. The molecule has 0 spiro atoms. The highest BCUT2D eigenvalue weighted by Gasteiger charge is 2.21. The monoisotopic (exact) mass is 403 g/mol. The Balaban J connectivity index is 1.53. The van der Waals surface area contributed by atoms with E-state index in [1.807, 2.05) is 65.6 Å². The Hall–Kier alpha value is -3.38. The van der Waals surface area contributed by atoms with Gasteiger partial charge in [0.2, 0.25) is 0 Å². The van der Waals surface area contributed by atoms with Crippen LogP contribution in [0.5, 0.6) is 11.5 Å². The number of pyridine rings is 1. The number of piperazine rings is 1. The molecule has 1 aromatic heterocycles. The highest BCUT2D eigenvalue weighted by Crippen LogP contribution is 2.29. The number of amides is 1. The van der Waals surface area contributed by atoms with Gasteiger partial charge in [0.15, 0.2) is 11.5 Å². The van der Waals surface area contributed by atoms with E-state index in [-0.39, 0.29) is 5.91 Å². The third kappa shape index (κ3) is 5.15. The lowest BCUT2D eigenvalue weighted by Crippen LogP contribution is -2.46. The van der Waals surface area contributed by atoms with Crippen LogP contribution in [0.4, 0.5) is 0 Å². The van der Waals surface area contributed by atoms with E-state index in [9.17, 15) is 4.79 Å². The van der Waals surface area contributed by atoms with Crippen LogP contribution in [0.3, 0.4) is 0 Å². The zero-order valence-electron chi connectivity index (χ0n) is 16.8. The molecule has 2 aromatic carbocycles. The van der Waals surface area contributed by atoms with Gasteiger partial charge in [-0.15, -0.1) is 0 Å². The Bertz CT molecular complexity index is 958. The number of benzene rings is 2. The van der Waals surface area contributed by atoms with Crippen LogP contribution in [0.15, 0.2) is 72.9 Å². The van der Waals surface area contributed by atoms with E-state index in [1.54, 1.807) is 12.3 Å². The Morgan fingerprint density at radius 3 is 2.03 bits per heavy atom. The molecule has 1 aliphatic heterocycles. The molecule has 1 N–H and O–H groups in total. The largest absolute Gasteiger partial charge is 0.485 e. The summed E-state index contributed by atoms with van der Waals surface area (Å²) in [5, 5.41) is 3.25. The highest BCUT2D eigenvalue weighted by atomic mass is 16.5. The minimum atomic E-state index is -0.0873. The van der Waals surface area contributed by atoms with Crippen LogP contribution in [0.1, 0.15) is 21.6 Å². The maximum absolute atomic E-state index is 12.9. The van der Waals surface area contributed by atoms with Gasteiger partial charge >= 0.3 is 0 Å². The van der Waals surface area contributed by atoms with Crippen LogP contribution in [0.2, 0.25) is 0 Å². The van der Waals surface area contributed by atoms with Crippen molar-refractivity contribution < 1.29 is 14.3 Å². The number of hydrogen-bond donors (Lipinski definition) is 1. The van der Waals surface area contributed by atoms with Crippen LogP contribution in [0.25, 0.3) is 0 Å². The van der Waals surface area contributed by atoms with E-state index in [0.717, 1.165) is 24.2 Å². The zero-order valence-corrected chi connectivity index (χ0v) is 16.8. The maximum Gasteiger partial charge on any atom is 0.272 e. The first-order chi connectivity index (χ1) is 14.8. The summed E-state index contributed by atoms with van der Waals surface area (Å²) in [6.45, 7) is 3.71. The van der Waals surface area contributed by atoms with Crippen molar-refractivity contribution in [2.45, 2.75) is 13.2 Å². The molecule has 0 unspecified atom stereocenters. The number of nitrogens with one attached hydrogen (secondary N) is 1. The summed E-state index contributed by atoms with van der Waals surface area (Å²) in [6, 6.07) is 21.5. The van der Waals surface area contributed by atoms with Gasteiger partial charge in [-0.05, 0) is 11.1 Å². The molecule has 1 saturated heterocycles. The number of carbonyl (C=O) groups excluding carboxylic acids is 1. The van der Waals surface area contributed by atoms with E-state index in [2.05, 4.69) is 10.3 Å². The molecule has 0 atom stereocenters. The average Bonchev–Trinajstić information content (AvgIpc) is 2.83. The predicted octanol–water partition coefficient (Wildman–Crippen LogP) is 3.29. The molecule has 3 aromatic rings. The topological polar surface area (TPSA) is 63.7 Å². The average molecular weight is 403 g/mol. The molecule has 0 bridgehead atoms. The molecule has 0 aliphatic carbocycles. The molecular formula is C24H25N3O3. The predicted molar refractivity (Wildman–Crippen MR) is 115 cm³/mol. The summed E-state index contributed by atoms with van der Waals surface area (Å²) in [5.74, 6) is 0.950. The van der Waals surface area contributed by atoms with Crippen molar-refractivity contribution in [1.82, 2.24) is 15.2 Å². The number of nitrogens with zero attached hydrogens (tertiary/aromatic N) is 2. The van der Waals surface area contributed by atoms with Crippen molar-refractivity contribution in [3.63, 3.8) is 0 Å². The normalized spacial score (nSPS) is 13.7. The Morgan fingerprint density at radius 2 is 1.43 bits per heavy atom. The van der Waals surface area contributed by atoms with Gasteiger partial charge in [0.05, 0.1) is 6.20 Å². The van der Waals surface area contributed by atoms with Crippen LogP contribution in [0, 0.1) is 0 Å². The lowest BCUT2D eigenvalue weighted by Gasteiger charge is -2.27. The van der Waals surface area contributed by atoms with Crippen molar-refractivity contribution in [1.29, 1.82) is 0 Å². The van der Waals surface area contributed by atoms with Crippen molar-refractivity contribution in [3.05, 3.63) is 89.7 Å². The Kier molecular flexibility index (Phi) is 6.57. The molecule has 6 nitrogen and oxygen atoms in total. The first kappa shape index (κ1) is 19.9. The number of rotatable bonds is 7. The number of ether oxygens (including phenoxy) is 2. The molecule has 1 amide bonds. The fourth-order valence-electron chi connectivity index (χ4n) is 3.26. The van der Waals surface area contributed by atoms with E-state index >= 15 is 0 Å². The number of hydrogen-bond acceptors (Lipinski definition) is 5. The van der Waals surface area contributed by atoms with Gasteiger partial charge in [-0.3, -0.25) is 4.79 Å². The lowest BCUT2D eigenvalue weighted by molar-refractivity contribution is 0.0729. The summed E-state index contributed by atoms with van der Waals surface area (Å²) < 4.78 is 12.0. The standard InChI is InChI=1S/C24H25N3O3/c28-24(27-13-11-25-12-14-27)21-15-22(29-17-19-7-3-1-4-8-19)23(16-26-21)30-18-20-9-5-2-6-10-20/h1-10,15-16,25H,11-14,17-18H2. The second-order valence-corrected chi connectivity index (χ2v) is 7.11. The van der Waals surface area contributed by atoms with Crippen LogP contribution < -0.4 is 14.8 Å². The summed E-state index contributed by atoms with van der Waals surface area (Å²) >= 11 is 0. The number of carbonyl (C=O) groups is 1. The second-order valence-electron chi connectivity index (χ2n) is 7.11. The van der Waals surface area contributed by atoms with Crippen LogP contribution >= 0.6 is 0 Å². The molecule has 4 rings (SSSR count). The van der Waals surface area contributed by atoms with Crippen molar-refractivity contribution >= 4 is 5.91 Å². The van der Waals surface area contributed by atoms with Crippen LogP contribution in [-0.2, 0) is 13.2 Å². The quantitative estimate of drug-likeness (QED) is 0.656. The SMILES string of the molecule is O=C(c1cc(OCc2ccccc2)c(OCc2ccccc2)cn1)N1CCNCC1. The molecule has 1 fully saturated rings. The Morgan fingerprint density at radius 1 is 0.867 bits per heavy atom. The first-order valence-electron chi connectivity index (χ1n) is 10.1. The Labute approximate surface area is 176 Å². The molecule has 0 radical (unpaired) electrons. The summed E-state index contributed by atoms with van der Waals surface area (Å²) in [4.78, 5) is 19.0. The van der Waals surface area contributed by atoms with Crippen molar-refractivity contribution in [2.24, 2.45) is 0 Å². The molecule has 0 saturated carbocycles. The van der Waals surface area contributed by atoms with Gasteiger partial charge in [-0.2, -0.15) is 0 Å².